The molecule has 0 spiro atoms. The number of nitrogens with two attached hydrogens (primary N) is 1. The lowest BCUT2D eigenvalue weighted by Gasteiger charge is -2.04. The van der Waals surface area contributed by atoms with Gasteiger partial charge in [-0.1, -0.05) is 0 Å². The van der Waals surface area contributed by atoms with Gasteiger partial charge in [-0.3, -0.25) is 0 Å². The number of nitrogens with zero attached hydrogens (tertiary/aromatic N) is 1. The highest BCUT2D eigenvalue weighted by atomic mass is 16.5. The van der Waals surface area contributed by atoms with Crippen molar-refractivity contribution in [1.82, 2.24) is 0 Å². The highest BCUT2D eigenvalue weighted by Crippen LogP contribution is 2.28. The molecule has 0 aromatic heterocycles. The molecule has 4 heteroatoms. The van der Waals surface area contributed by atoms with Crippen molar-refractivity contribution in [3.05, 3.63) is 17.7 Å². The van der Waals surface area contributed by atoms with E-state index in [4.69, 9.17) is 15.7 Å². The molecule has 12 heavy (non-hydrogen) atoms. The SMILES string of the molecule is COc1cc(N)c(C#N)c(O)c1. The van der Waals surface area contributed by atoms with Gasteiger partial charge in [-0.2, -0.15) is 5.26 Å². The van der Waals surface area contributed by atoms with Gasteiger partial charge in [0.15, 0.2) is 0 Å². The van der Waals surface area contributed by atoms with Crippen LogP contribution in [0.2, 0.25) is 0 Å². The van der Waals surface area contributed by atoms with Crippen LogP contribution < -0.4 is 10.5 Å². The third-order valence-electron chi connectivity index (χ3n) is 1.47. The number of hydrogen-bond donors (Lipinski definition) is 2. The first-order valence-electron chi connectivity index (χ1n) is 3.25. The molecule has 0 unspecified atom stereocenters. The molecule has 0 aliphatic rings. The summed E-state index contributed by atoms with van der Waals surface area (Å²) < 4.78 is 4.83. The number of phenolic OH excluding ortho intramolecular Hbond substituents is 1. The predicted octanol–water partition coefficient (Wildman–Crippen LogP) is 0.855. The van der Waals surface area contributed by atoms with Gasteiger partial charge in [-0.05, 0) is 0 Å². The maximum absolute atomic E-state index is 9.22. The van der Waals surface area contributed by atoms with Crippen molar-refractivity contribution in [2.75, 3.05) is 12.8 Å². The normalized spacial score (nSPS) is 9.00. The van der Waals surface area contributed by atoms with E-state index in [-0.39, 0.29) is 17.0 Å². The van der Waals surface area contributed by atoms with E-state index >= 15 is 0 Å². The fourth-order valence-corrected chi connectivity index (χ4v) is 0.862. The standard InChI is InChI=1S/C8H8N2O2/c1-12-5-2-7(10)6(4-9)8(11)3-5/h2-3,11H,10H2,1H3. The van der Waals surface area contributed by atoms with Gasteiger partial charge in [0, 0.05) is 12.1 Å². The third-order valence-corrected chi connectivity index (χ3v) is 1.47. The van der Waals surface area contributed by atoms with Gasteiger partial charge in [0.2, 0.25) is 0 Å². The fourth-order valence-electron chi connectivity index (χ4n) is 0.862. The van der Waals surface area contributed by atoms with Crippen LogP contribution in [0.15, 0.2) is 12.1 Å². The second-order valence-electron chi connectivity index (χ2n) is 2.22. The van der Waals surface area contributed by atoms with Crippen molar-refractivity contribution < 1.29 is 9.84 Å². The number of ether oxygens (including phenoxy) is 1. The first-order valence-corrected chi connectivity index (χ1v) is 3.25. The minimum Gasteiger partial charge on any atom is -0.506 e. The Morgan fingerprint density at radius 2 is 2.25 bits per heavy atom. The van der Waals surface area contributed by atoms with E-state index in [1.807, 2.05) is 0 Å². The number of hydrogen-bond acceptors (Lipinski definition) is 4. The number of phenols is 1. The van der Waals surface area contributed by atoms with E-state index in [2.05, 4.69) is 0 Å². The van der Waals surface area contributed by atoms with Crippen molar-refractivity contribution in [3.63, 3.8) is 0 Å². The van der Waals surface area contributed by atoms with Crippen LogP contribution >= 0.6 is 0 Å². The fraction of sp³-hybridized carbons (Fsp3) is 0.125. The lowest BCUT2D eigenvalue weighted by molar-refractivity contribution is 0.408. The monoisotopic (exact) mass is 164 g/mol. The van der Waals surface area contributed by atoms with Crippen LogP contribution in [-0.4, -0.2) is 12.2 Å². The Hall–Kier alpha value is -1.89. The quantitative estimate of drug-likeness (QED) is 0.603. The van der Waals surface area contributed by atoms with Gasteiger partial charge in [-0.25, -0.2) is 0 Å². The summed E-state index contributed by atoms with van der Waals surface area (Å²) in [4.78, 5) is 0. The van der Waals surface area contributed by atoms with Crippen molar-refractivity contribution in [2.24, 2.45) is 0 Å². The average molecular weight is 164 g/mol. The molecule has 0 atom stereocenters. The minimum atomic E-state index is -0.158. The largest absolute Gasteiger partial charge is 0.506 e. The Morgan fingerprint density at radius 3 is 2.67 bits per heavy atom. The summed E-state index contributed by atoms with van der Waals surface area (Å²) >= 11 is 0. The maximum atomic E-state index is 9.22. The summed E-state index contributed by atoms with van der Waals surface area (Å²) in [5, 5.41) is 17.8. The Labute approximate surface area is 69.8 Å². The molecule has 0 heterocycles. The van der Waals surface area contributed by atoms with E-state index in [9.17, 15) is 5.11 Å². The van der Waals surface area contributed by atoms with E-state index < -0.39 is 0 Å². The molecule has 1 aromatic rings. The molecular formula is C8H8N2O2. The van der Waals surface area contributed by atoms with Gasteiger partial charge in [0.1, 0.15) is 23.1 Å². The first kappa shape index (κ1) is 8.21. The van der Waals surface area contributed by atoms with Crippen molar-refractivity contribution in [1.29, 1.82) is 5.26 Å². The second kappa shape index (κ2) is 3.01. The summed E-state index contributed by atoms with van der Waals surface area (Å²) in [7, 11) is 1.46. The number of rotatable bonds is 1. The molecule has 0 fully saturated rings. The Balaban J connectivity index is 3.30. The van der Waals surface area contributed by atoms with E-state index in [0.29, 0.717) is 5.75 Å². The molecular weight excluding hydrogens is 156 g/mol. The molecule has 0 bridgehead atoms. The molecule has 62 valence electrons. The van der Waals surface area contributed by atoms with Gasteiger partial charge in [-0.15, -0.1) is 0 Å². The van der Waals surface area contributed by atoms with Crippen LogP contribution in [0.5, 0.6) is 11.5 Å². The molecule has 0 aliphatic carbocycles. The topological polar surface area (TPSA) is 79.3 Å². The summed E-state index contributed by atoms with van der Waals surface area (Å²) in [5.74, 6) is 0.276. The highest BCUT2D eigenvalue weighted by Gasteiger charge is 2.06. The molecule has 0 radical (unpaired) electrons. The Kier molecular flexibility index (Phi) is 2.06. The zero-order valence-electron chi connectivity index (χ0n) is 6.53. The number of nitrogen functional groups attached to an aromatic ring is 1. The molecule has 0 aliphatic heterocycles. The molecule has 0 saturated carbocycles. The number of nitriles is 1. The molecule has 4 nitrogen and oxygen atoms in total. The predicted molar refractivity (Wildman–Crippen MR) is 43.8 cm³/mol. The zero-order valence-corrected chi connectivity index (χ0v) is 6.53. The van der Waals surface area contributed by atoms with Crippen molar-refractivity contribution in [2.45, 2.75) is 0 Å². The lowest BCUT2D eigenvalue weighted by atomic mass is 10.1. The Morgan fingerprint density at radius 1 is 1.58 bits per heavy atom. The summed E-state index contributed by atoms with van der Waals surface area (Å²) in [6, 6.07) is 4.61. The first-order chi connectivity index (χ1) is 5.69. The molecule has 0 amide bonds. The lowest BCUT2D eigenvalue weighted by Crippen LogP contribution is -1.92. The number of anilines is 1. The summed E-state index contributed by atoms with van der Waals surface area (Å²) in [5.41, 5.74) is 5.74. The van der Waals surface area contributed by atoms with Crippen LogP contribution in [0, 0.1) is 11.3 Å². The van der Waals surface area contributed by atoms with E-state index in [1.165, 1.54) is 19.2 Å². The van der Waals surface area contributed by atoms with Crippen LogP contribution in [-0.2, 0) is 0 Å². The maximum Gasteiger partial charge on any atom is 0.139 e. The number of methoxy groups -OCH3 is 1. The summed E-state index contributed by atoms with van der Waals surface area (Å²) in [6.45, 7) is 0. The van der Waals surface area contributed by atoms with Crippen LogP contribution in [0.1, 0.15) is 5.56 Å². The van der Waals surface area contributed by atoms with Gasteiger partial charge < -0.3 is 15.6 Å². The number of benzene rings is 1. The zero-order chi connectivity index (χ0) is 9.14. The average Bonchev–Trinajstić information content (AvgIpc) is 2.03. The van der Waals surface area contributed by atoms with Crippen LogP contribution in [0.4, 0.5) is 5.69 Å². The highest BCUT2D eigenvalue weighted by molar-refractivity contribution is 5.63. The third kappa shape index (κ3) is 1.25. The van der Waals surface area contributed by atoms with Gasteiger partial charge >= 0.3 is 0 Å². The van der Waals surface area contributed by atoms with Gasteiger partial charge in [0.25, 0.3) is 0 Å². The van der Waals surface area contributed by atoms with E-state index in [0.717, 1.165) is 0 Å². The van der Waals surface area contributed by atoms with Crippen molar-refractivity contribution in [3.8, 4) is 17.6 Å². The van der Waals surface area contributed by atoms with E-state index in [1.54, 1.807) is 6.07 Å². The van der Waals surface area contributed by atoms with Crippen LogP contribution in [0.25, 0.3) is 0 Å². The minimum absolute atomic E-state index is 0.0794. The molecule has 0 saturated heterocycles. The summed E-state index contributed by atoms with van der Waals surface area (Å²) in [6.07, 6.45) is 0. The second-order valence-corrected chi connectivity index (χ2v) is 2.22. The molecule has 1 aromatic carbocycles. The smallest absolute Gasteiger partial charge is 0.139 e. The Bertz CT molecular complexity index is 318. The van der Waals surface area contributed by atoms with Crippen LogP contribution in [0.3, 0.4) is 0 Å². The molecule has 1 rings (SSSR count). The number of aromatic hydroxyl groups is 1. The molecule has 3 N–H and O–H groups in total. The van der Waals surface area contributed by atoms with Gasteiger partial charge in [0.05, 0.1) is 12.8 Å². The van der Waals surface area contributed by atoms with Crippen molar-refractivity contribution >= 4 is 5.69 Å².